The minimum Gasteiger partial charge on any atom is -0.355 e. The molecule has 2 amide bonds. The molecule has 0 atom stereocenters. The highest BCUT2D eigenvalue weighted by molar-refractivity contribution is 6.13. The van der Waals surface area contributed by atoms with Crippen molar-refractivity contribution in [3.05, 3.63) is 29.3 Å². The highest BCUT2D eigenvalue weighted by atomic mass is 16.2. The van der Waals surface area contributed by atoms with E-state index in [-0.39, 0.29) is 11.8 Å². The minimum atomic E-state index is -0.870. The van der Waals surface area contributed by atoms with Gasteiger partial charge in [0.2, 0.25) is 11.8 Å². The Morgan fingerprint density at radius 1 is 1.13 bits per heavy atom. The fourth-order valence-electron chi connectivity index (χ4n) is 2.72. The fraction of sp³-hybridized carbons (Fsp3) is 0.579. The molecular weight excluding hydrogens is 288 g/mol. The molecule has 1 fully saturated rings. The van der Waals surface area contributed by atoms with Crippen molar-refractivity contribution in [1.82, 2.24) is 5.32 Å². The molecule has 0 aromatic heterocycles. The standard InChI is InChI=1S/C19H28N2O2/c1-12(2)11-20-17(22)19(9-10-19)18(23)21-16-14(5)7-6-8-15(16)13(3)4/h6-8,12-13H,9-11H2,1-5H3,(H,20,22)(H,21,23). The summed E-state index contributed by atoms with van der Waals surface area (Å²) in [6, 6.07) is 6.02. The average Bonchev–Trinajstić information content (AvgIpc) is 3.28. The Hall–Kier alpha value is -1.84. The molecule has 0 saturated heterocycles. The van der Waals surface area contributed by atoms with E-state index in [4.69, 9.17) is 0 Å². The third-order valence-corrected chi connectivity index (χ3v) is 4.46. The SMILES string of the molecule is Cc1cccc(C(C)C)c1NC(=O)C1(C(=O)NCC(C)C)CC1. The number of benzene rings is 1. The van der Waals surface area contributed by atoms with Gasteiger partial charge >= 0.3 is 0 Å². The largest absolute Gasteiger partial charge is 0.355 e. The molecule has 23 heavy (non-hydrogen) atoms. The zero-order valence-corrected chi connectivity index (χ0v) is 14.8. The van der Waals surface area contributed by atoms with Crippen molar-refractivity contribution in [1.29, 1.82) is 0 Å². The second kappa shape index (κ2) is 6.73. The van der Waals surface area contributed by atoms with Crippen LogP contribution in [-0.4, -0.2) is 18.4 Å². The molecule has 4 heteroatoms. The second-order valence-corrected chi connectivity index (χ2v) is 7.33. The summed E-state index contributed by atoms with van der Waals surface area (Å²) in [7, 11) is 0. The summed E-state index contributed by atoms with van der Waals surface area (Å²) >= 11 is 0. The van der Waals surface area contributed by atoms with E-state index in [0.717, 1.165) is 16.8 Å². The normalized spacial score (nSPS) is 15.6. The van der Waals surface area contributed by atoms with Gasteiger partial charge in [0.15, 0.2) is 0 Å². The fourth-order valence-corrected chi connectivity index (χ4v) is 2.72. The maximum atomic E-state index is 12.7. The van der Waals surface area contributed by atoms with Gasteiger partial charge in [0.05, 0.1) is 0 Å². The van der Waals surface area contributed by atoms with Crippen LogP contribution in [0.15, 0.2) is 18.2 Å². The summed E-state index contributed by atoms with van der Waals surface area (Å²) in [5, 5.41) is 5.94. The minimum absolute atomic E-state index is 0.136. The maximum Gasteiger partial charge on any atom is 0.240 e. The number of hydrogen-bond acceptors (Lipinski definition) is 2. The first-order valence-electron chi connectivity index (χ1n) is 8.47. The number of amides is 2. The Morgan fingerprint density at radius 2 is 1.78 bits per heavy atom. The number of para-hydroxylation sites is 1. The van der Waals surface area contributed by atoms with Gasteiger partial charge in [0.25, 0.3) is 0 Å². The first-order valence-corrected chi connectivity index (χ1v) is 8.47. The zero-order chi connectivity index (χ0) is 17.2. The molecule has 2 N–H and O–H groups in total. The summed E-state index contributed by atoms with van der Waals surface area (Å²) in [4.78, 5) is 25.1. The molecule has 0 spiro atoms. The predicted molar refractivity (Wildman–Crippen MR) is 93.4 cm³/mol. The number of hydrogen-bond donors (Lipinski definition) is 2. The number of carbonyl (C=O) groups is 2. The molecule has 126 valence electrons. The molecule has 1 aromatic rings. The summed E-state index contributed by atoms with van der Waals surface area (Å²) < 4.78 is 0. The molecule has 4 nitrogen and oxygen atoms in total. The third kappa shape index (κ3) is 3.74. The van der Waals surface area contributed by atoms with E-state index >= 15 is 0 Å². The van der Waals surface area contributed by atoms with E-state index < -0.39 is 5.41 Å². The molecule has 1 aromatic carbocycles. The van der Waals surface area contributed by atoms with Crippen LogP contribution in [0.4, 0.5) is 5.69 Å². The average molecular weight is 316 g/mol. The maximum absolute atomic E-state index is 12.7. The van der Waals surface area contributed by atoms with E-state index in [9.17, 15) is 9.59 Å². The van der Waals surface area contributed by atoms with Crippen LogP contribution in [0.1, 0.15) is 57.6 Å². The van der Waals surface area contributed by atoms with Crippen LogP contribution >= 0.6 is 0 Å². The van der Waals surface area contributed by atoms with Crippen molar-refractivity contribution < 1.29 is 9.59 Å². The Balaban J connectivity index is 2.15. The Morgan fingerprint density at radius 3 is 2.30 bits per heavy atom. The van der Waals surface area contributed by atoms with Gasteiger partial charge in [-0.1, -0.05) is 45.9 Å². The Bertz CT molecular complexity index is 601. The van der Waals surface area contributed by atoms with Crippen molar-refractivity contribution in [2.75, 3.05) is 11.9 Å². The molecule has 0 aliphatic heterocycles. The van der Waals surface area contributed by atoms with E-state index in [2.05, 4.69) is 24.5 Å². The van der Waals surface area contributed by atoms with Gasteiger partial charge in [-0.25, -0.2) is 0 Å². The van der Waals surface area contributed by atoms with Crippen molar-refractivity contribution in [2.45, 2.75) is 53.4 Å². The summed E-state index contributed by atoms with van der Waals surface area (Å²) in [6.07, 6.45) is 1.26. The molecule has 1 aliphatic rings. The van der Waals surface area contributed by atoms with Crippen LogP contribution in [0.3, 0.4) is 0 Å². The first kappa shape index (κ1) is 17.5. The molecule has 0 radical (unpaired) electrons. The lowest BCUT2D eigenvalue weighted by molar-refractivity contribution is -0.134. The predicted octanol–water partition coefficient (Wildman–Crippen LogP) is 3.61. The number of nitrogens with one attached hydrogen (secondary N) is 2. The van der Waals surface area contributed by atoms with E-state index in [1.165, 1.54) is 0 Å². The van der Waals surface area contributed by atoms with E-state index in [1.54, 1.807) is 0 Å². The van der Waals surface area contributed by atoms with Crippen molar-refractivity contribution in [3.63, 3.8) is 0 Å². The van der Waals surface area contributed by atoms with Crippen LogP contribution in [0.5, 0.6) is 0 Å². The van der Waals surface area contributed by atoms with Crippen LogP contribution in [0.2, 0.25) is 0 Å². The summed E-state index contributed by atoms with van der Waals surface area (Å²) in [5.74, 6) is 0.384. The lowest BCUT2D eigenvalue weighted by Gasteiger charge is -2.20. The lowest BCUT2D eigenvalue weighted by Crippen LogP contribution is -2.41. The molecule has 0 bridgehead atoms. The Kier molecular flexibility index (Phi) is 5.12. The van der Waals surface area contributed by atoms with Gasteiger partial charge < -0.3 is 10.6 Å². The molecular formula is C19H28N2O2. The number of anilines is 1. The zero-order valence-electron chi connectivity index (χ0n) is 14.8. The van der Waals surface area contributed by atoms with Crippen molar-refractivity contribution in [3.8, 4) is 0 Å². The Labute approximate surface area is 139 Å². The van der Waals surface area contributed by atoms with Crippen LogP contribution in [0.25, 0.3) is 0 Å². The van der Waals surface area contributed by atoms with E-state index in [1.807, 2.05) is 39.0 Å². The summed E-state index contributed by atoms with van der Waals surface area (Å²) in [5.41, 5.74) is 2.13. The van der Waals surface area contributed by atoms with Gasteiger partial charge in [0.1, 0.15) is 5.41 Å². The monoisotopic (exact) mass is 316 g/mol. The van der Waals surface area contributed by atoms with Crippen LogP contribution in [-0.2, 0) is 9.59 Å². The van der Waals surface area contributed by atoms with Gasteiger partial charge in [0, 0.05) is 12.2 Å². The quantitative estimate of drug-likeness (QED) is 0.788. The van der Waals surface area contributed by atoms with Gasteiger partial charge in [-0.05, 0) is 42.7 Å². The number of aryl methyl sites for hydroxylation is 1. The summed E-state index contributed by atoms with van der Waals surface area (Å²) in [6.45, 7) is 10.9. The molecule has 0 heterocycles. The molecule has 2 rings (SSSR count). The number of carbonyl (C=O) groups excluding carboxylic acids is 2. The molecule has 1 saturated carbocycles. The lowest BCUT2D eigenvalue weighted by atomic mass is 9.97. The highest BCUT2D eigenvalue weighted by Crippen LogP contribution is 2.47. The van der Waals surface area contributed by atoms with Crippen molar-refractivity contribution in [2.24, 2.45) is 11.3 Å². The smallest absolute Gasteiger partial charge is 0.240 e. The van der Waals surface area contributed by atoms with Crippen LogP contribution < -0.4 is 10.6 Å². The number of rotatable bonds is 6. The van der Waals surface area contributed by atoms with Gasteiger partial charge in [-0.3, -0.25) is 9.59 Å². The second-order valence-electron chi connectivity index (χ2n) is 7.33. The molecule has 1 aliphatic carbocycles. The highest BCUT2D eigenvalue weighted by Gasteiger charge is 2.56. The van der Waals surface area contributed by atoms with Crippen molar-refractivity contribution >= 4 is 17.5 Å². The molecule has 0 unspecified atom stereocenters. The van der Waals surface area contributed by atoms with Crippen LogP contribution in [0, 0.1) is 18.3 Å². The van der Waals surface area contributed by atoms with Gasteiger partial charge in [-0.15, -0.1) is 0 Å². The third-order valence-electron chi connectivity index (χ3n) is 4.46. The first-order chi connectivity index (χ1) is 10.8. The van der Waals surface area contributed by atoms with Gasteiger partial charge in [-0.2, -0.15) is 0 Å². The topological polar surface area (TPSA) is 58.2 Å². The van der Waals surface area contributed by atoms with E-state index in [0.29, 0.717) is 31.2 Å².